The Kier molecular flexibility index (Phi) is 7.81. The van der Waals surface area contributed by atoms with Crippen molar-refractivity contribution in [2.45, 2.75) is 75.1 Å². The first kappa shape index (κ1) is 29.6. The first-order chi connectivity index (χ1) is 18.5. The SMILES string of the molecule is CC1(C)C[C@H](Nc2nc(Nc3ccc(OCC(O)(C(F)(F)F)C(F)(F)F)c(C#N)c3)ncc2F)C[C@@H]2CCCN21. The van der Waals surface area contributed by atoms with Gasteiger partial charge in [0.15, 0.2) is 11.6 Å². The zero-order valence-electron chi connectivity index (χ0n) is 21.5. The molecule has 8 nitrogen and oxygen atoms in total. The summed E-state index contributed by atoms with van der Waals surface area (Å²) in [6.45, 7) is 3.11. The van der Waals surface area contributed by atoms with Crippen molar-refractivity contribution < 1.29 is 40.6 Å². The largest absolute Gasteiger partial charge is 0.488 e. The second kappa shape index (κ2) is 10.5. The van der Waals surface area contributed by atoms with Gasteiger partial charge in [-0.15, -0.1) is 0 Å². The molecule has 2 aliphatic rings. The van der Waals surface area contributed by atoms with Crippen LogP contribution in [0.25, 0.3) is 0 Å². The molecule has 0 spiro atoms. The summed E-state index contributed by atoms with van der Waals surface area (Å²) < 4.78 is 96.7. The van der Waals surface area contributed by atoms with Crippen LogP contribution in [0.5, 0.6) is 5.75 Å². The molecule has 15 heteroatoms. The molecule has 3 heterocycles. The van der Waals surface area contributed by atoms with Crippen molar-refractivity contribution in [3.05, 3.63) is 35.8 Å². The minimum Gasteiger partial charge on any atom is -0.488 e. The van der Waals surface area contributed by atoms with Gasteiger partial charge in [0.05, 0.1) is 11.8 Å². The third kappa shape index (κ3) is 5.87. The average molecular weight is 577 g/mol. The predicted octanol–water partition coefficient (Wildman–Crippen LogP) is 5.28. The van der Waals surface area contributed by atoms with Crippen LogP contribution in [0.1, 0.15) is 45.1 Å². The number of halogens is 7. The zero-order chi connectivity index (χ0) is 29.5. The number of nitrogens with zero attached hydrogens (tertiary/aromatic N) is 4. The van der Waals surface area contributed by atoms with Crippen molar-refractivity contribution in [1.82, 2.24) is 14.9 Å². The second-order valence-electron chi connectivity index (χ2n) is 10.6. The van der Waals surface area contributed by atoms with Crippen molar-refractivity contribution in [2.75, 3.05) is 23.8 Å². The number of ether oxygens (including phenoxy) is 1. The van der Waals surface area contributed by atoms with Crippen molar-refractivity contribution in [1.29, 1.82) is 5.26 Å². The molecule has 2 atom stereocenters. The van der Waals surface area contributed by atoms with Crippen molar-refractivity contribution >= 4 is 17.5 Å². The molecular weight excluding hydrogens is 549 g/mol. The normalized spacial score (nSPS) is 21.4. The van der Waals surface area contributed by atoms with E-state index in [2.05, 4.69) is 44.1 Å². The monoisotopic (exact) mass is 576 g/mol. The van der Waals surface area contributed by atoms with Gasteiger partial charge in [0.25, 0.3) is 5.60 Å². The van der Waals surface area contributed by atoms with Gasteiger partial charge < -0.3 is 20.5 Å². The van der Waals surface area contributed by atoms with Crippen molar-refractivity contribution in [3.8, 4) is 11.8 Å². The number of hydrogen-bond acceptors (Lipinski definition) is 8. The molecule has 2 fully saturated rings. The van der Waals surface area contributed by atoms with E-state index < -0.39 is 41.7 Å². The highest BCUT2D eigenvalue weighted by atomic mass is 19.4. The molecule has 0 amide bonds. The van der Waals surface area contributed by atoms with Gasteiger partial charge in [-0.2, -0.15) is 36.6 Å². The summed E-state index contributed by atoms with van der Waals surface area (Å²) >= 11 is 0. The van der Waals surface area contributed by atoms with Crippen LogP contribution in [0.4, 0.5) is 48.2 Å². The van der Waals surface area contributed by atoms with Gasteiger partial charge in [0.2, 0.25) is 5.95 Å². The second-order valence-corrected chi connectivity index (χ2v) is 10.6. The number of fused-ring (bicyclic) bond motifs is 1. The molecule has 3 N–H and O–H groups in total. The number of alkyl halides is 6. The fraction of sp³-hybridized carbons (Fsp3) is 0.560. The van der Waals surface area contributed by atoms with Gasteiger partial charge >= 0.3 is 12.4 Å². The summed E-state index contributed by atoms with van der Waals surface area (Å²) in [4.78, 5) is 10.5. The Hall–Kier alpha value is -3.38. The van der Waals surface area contributed by atoms with Crippen LogP contribution < -0.4 is 15.4 Å². The number of benzene rings is 1. The molecule has 0 saturated carbocycles. The van der Waals surface area contributed by atoms with E-state index in [4.69, 9.17) is 0 Å². The highest BCUT2D eigenvalue weighted by molar-refractivity contribution is 5.61. The Morgan fingerprint density at radius 2 is 1.90 bits per heavy atom. The number of nitrogens with one attached hydrogen (secondary N) is 2. The molecule has 1 aromatic carbocycles. The molecule has 2 aromatic rings. The fourth-order valence-electron chi connectivity index (χ4n) is 5.30. The number of piperidine rings is 1. The predicted molar refractivity (Wildman–Crippen MR) is 129 cm³/mol. The highest BCUT2D eigenvalue weighted by Crippen LogP contribution is 2.43. The van der Waals surface area contributed by atoms with E-state index in [9.17, 15) is 41.1 Å². The maximum atomic E-state index is 14.6. The molecule has 218 valence electrons. The Balaban J connectivity index is 1.47. The molecule has 0 unspecified atom stereocenters. The van der Waals surface area contributed by atoms with Crippen LogP contribution in [-0.2, 0) is 0 Å². The van der Waals surface area contributed by atoms with E-state index in [1.807, 2.05) is 0 Å². The van der Waals surface area contributed by atoms with Crippen LogP contribution in [0.3, 0.4) is 0 Å². The van der Waals surface area contributed by atoms with E-state index in [1.54, 1.807) is 6.07 Å². The summed E-state index contributed by atoms with van der Waals surface area (Å²) in [6, 6.07) is 5.17. The first-order valence-electron chi connectivity index (χ1n) is 12.4. The summed E-state index contributed by atoms with van der Waals surface area (Å²) in [6.07, 6.45) is -7.44. The van der Waals surface area contributed by atoms with E-state index in [0.29, 0.717) is 6.04 Å². The number of aromatic nitrogens is 2. The quantitative estimate of drug-likeness (QED) is 0.383. The standard InChI is InChI=1S/C25H27F7N6O2/c1-22(2)10-16(9-17-4-3-7-38(17)22)35-20-18(26)12-34-21(37-20)36-15-5-6-19(14(8-15)11-33)40-13-23(39,24(27,28)29)25(30,31)32/h5-6,8,12,16-17,39H,3-4,7,9-10,13H2,1-2H3,(H2,34,35,36,37)/t16-,17+/m1/s1. The van der Waals surface area contributed by atoms with Gasteiger partial charge in [-0.05, 0) is 64.3 Å². The number of anilines is 3. The average Bonchev–Trinajstić information content (AvgIpc) is 3.33. The Morgan fingerprint density at radius 3 is 2.55 bits per heavy atom. The lowest BCUT2D eigenvalue weighted by Crippen LogP contribution is -2.60. The van der Waals surface area contributed by atoms with Crippen LogP contribution in [0.2, 0.25) is 0 Å². The van der Waals surface area contributed by atoms with Gasteiger partial charge in [0.1, 0.15) is 18.4 Å². The number of aliphatic hydroxyl groups is 1. The summed E-state index contributed by atoms with van der Waals surface area (Å²) in [5.74, 6) is -1.41. The van der Waals surface area contributed by atoms with E-state index in [0.717, 1.165) is 50.6 Å². The maximum absolute atomic E-state index is 14.6. The molecule has 40 heavy (non-hydrogen) atoms. The third-order valence-electron chi connectivity index (χ3n) is 7.27. The van der Waals surface area contributed by atoms with Crippen LogP contribution in [0, 0.1) is 17.1 Å². The summed E-state index contributed by atoms with van der Waals surface area (Å²) in [5.41, 5.74) is -5.51. The molecule has 1 aromatic heterocycles. The van der Waals surface area contributed by atoms with Gasteiger partial charge in [0, 0.05) is 23.3 Å². The third-order valence-corrected chi connectivity index (χ3v) is 7.27. The van der Waals surface area contributed by atoms with Crippen LogP contribution >= 0.6 is 0 Å². The smallest absolute Gasteiger partial charge is 0.429 e. The lowest BCUT2D eigenvalue weighted by Gasteiger charge is -2.47. The zero-order valence-corrected chi connectivity index (χ0v) is 21.5. The summed E-state index contributed by atoms with van der Waals surface area (Å²) in [7, 11) is 0. The van der Waals surface area contributed by atoms with E-state index >= 15 is 0 Å². The molecule has 4 rings (SSSR count). The molecule has 0 bridgehead atoms. The minimum absolute atomic E-state index is 0.0382. The number of rotatable bonds is 7. The Labute approximate surface area is 225 Å². The maximum Gasteiger partial charge on any atom is 0.429 e. The first-order valence-corrected chi connectivity index (χ1v) is 12.4. The lowest BCUT2D eigenvalue weighted by atomic mass is 9.84. The molecular formula is C25H27F7N6O2. The van der Waals surface area contributed by atoms with Gasteiger partial charge in [-0.3, -0.25) is 4.90 Å². The molecule has 2 saturated heterocycles. The topological polar surface area (TPSA) is 106 Å². The Morgan fingerprint density at radius 1 is 1.20 bits per heavy atom. The van der Waals surface area contributed by atoms with Crippen molar-refractivity contribution in [3.63, 3.8) is 0 Å². The van der Waals surface area contributed by atoms with Crippen LogP contribution in [-0.4, -0.2) is 68.7 Å². The van der Waals surface area contributed by atoms with E-state index in [-0.39, 0.29) is 29.0 Å². The molecule has 0 aliphatic carbocycles. The highest BCUT2D eigenvalue weighted by Gasteiger charge is 2.71. The Bertz CT molecular complexity index is 1260. The van der Waals surface area contributed by atoms with Crippen LogP contribution in [0.15, 0.2) is 24.4 Å². The van der Waals surface area contributed by atoms with E-state index in [1.165, 1.54) is 6.07 Å². The number of hydrogen-bond donors (Lipinski definition) is 3. The lowest BCUT2D eigenvalue weighted by molar-refractivity contribution is -0.373. The fourth-order valence-corrected chi connectivity index (χ4v) is 5.30. The van der Waals surface area contributed by atoms with Gasteiger partial charge in [-0.25, -0.2) is 9.37 Å². The number of nitriles is 1. The van der Waals surface area contributed by atoms with Gasteiger partial charge in [-0.1, -0.05) is 0 Å². The molecule has 0 radical (unpaired) electrons. The minimum atomic E-state index is -6.07. The summed E-state index contributed by atoms with van der Waals surface area (Å²) in [5, 5.41) is 24.5. The van der Waals surface area contributed by atoms with Crippen molar-refractivity contribution in [2.24, 2.45) is 0 Å². The molecule has 2 aliphatic heterocycles.